The van der Waals surface area contributed by atoms with Gasteiger partial charge in [0.1, 0.15) is 0 Å². The van der Waals surface area contributed by atoms with Gasteiger partial charge < -0.3 is 10.2 Å². The second kappa shape index (κ2) is 5.35. The summed E-state index contributed by atoms with van der Waals surface area (Å²) >= 11 is 6.05. The van der Waals surface area contributed by atoms with Gasteiger partial charge in [-0.15, -0.1) is 0 Å². The molecule has 0 aliphatic carbocycles. The number of nitrogens with one attached hydrogen (secondary N) is 1. The van der Waals surface area contributed by atoms with Crippen molar-refractivity contribution in [1.29, 1.82) is 0 Å². The Morgan fingerprint density at radius 3 is 3.05 bits per heavy atom. The van der Waals surface area contributed by atoms with Crippen LogP contribution in [-0.2, 0) is 0 Å². The predicted octanol–water partition coefficient (Wildman–Crippen LogP) is 3.08. The van der Waals surface area contributed by atoms with Gasteiger partial charge in [0.25, 0.3) is 0 Å². The third-order valence-corrected chi connectivity index (χ3v) is 4.04. The van der Waals surface area contributed by atoms with E-state index >= 15 is 0 Å². The molecule has 1 fully saturated rings. The Kier molecular flexibility index (Phi) is 3.58. The van der Waals surface area contributed by atoms with E-state index in [1.54, 1.807) is 0 Å². The molecule has 3 nitrogen and oxygen atoms in total. The van der Waals surface area contributed by atoms with Crippen LogP contribution in [0.3, 0.4) is 0 Å². The minimum atomic E-state index is 0.575. The minimum absolute atomic E-state index is 0.575. The number of hydrogen-bond acceptors (Lipinski definition) is 3. The van der Waals surface area contributed by atoms with E-state index in [-0.39, 0.29) is 0 Å². The standard InChI is InChI=1S/C15H18ClN3/c1-2-19(12-5-7-17-10-12)15-6-8-18-14-9-11(16)3-4-13(14)15/h3-4,6,8-9,12,17H,2,5,7,10H2,1H3. The number of likely N-dealkylation sites (N-methyl/N-ethyl adjacent to an activating group) is 1. The zero-order valence-electron chi connectivity index (χ0n) is 11.1. The summed E-state index contributed by atoms with van der Waals surface area (Å²) in [5.74, 6) is 0. The van der Waals surface area contributed by atoms with Gasteiger partial charge in [-0.3, -0.25) is 4.98 Å². The summed E-state index contributed by atoms with van der Waals surface area (Å²) in [5, 5.41) is 5.36. The Bertz CT molecular complexity index is 579. The first-order valence-corrected chi connectivity index (χ1v) is 7.19. The van der Waals surface area contributed by atoms with Crippen molar-refractivity contribution in [2.24, 2.45) is 0 Å². The number of anilines is 1. The van der Waals surface area contributed by atoms with Crippen LogP contribution in [0, 0.1) is 0 Å². The van der Waals surface area contributed by atoms with Crippen LogP contribution >= 0.6 is 11.6 Å². The molecular formula is C15H18ClN3. The van der Waals surface area contributed by atoms with Crippen molar-refractivity contribution < 1.29 is 0 Å². The molecule has 2 aromatic rings. The molecule has 1 N–H and O–H groups in total. The van der Waals surface area contributed by atoms with E-state index in [1.807, 2.05) is 18.3 Å². The van der Waals surface area contributed by atoms with Crippen LogP contribution in [0.5, 0.6) is 0 Å². The first-order chi connectivity index (χ1) is 9.29. The molecule has 0 saturated carbocycles. The van der Waals surface area contributed by atoms with Gasteiger partial charge in [0.2, 0.25) is 0 Å². The Balaban J connectivity index is 2.07. The predicted molar refractivity (Wildman–Crippen MR) is 81.0 cm³/mol. The molecule has 0 spiro atoms. The first-order valence-electron chi connectivity index (χ1n) is 6.81. The van der Waals surface area contributed by atoms with Crippen LogP contribution in [-0.4, -0.2) is 30.7 Å². The highest BCUT2D eigenvalue weighted by molar-refractivity contribution is 6.31. The number of rotatable bonds is 3. The second-order valence-corrected chi connectivity index (χ2v) is 5.36. The molecule has 1 aromatic heterocycles. The van der Waals surface area contributed by atoms with Crippen molar-refractivity contribution in [3.63, 3.8) is 0 Å². The van der Waals surface area contributed by atoms with Gasteiger partial charge in [-0.1, -0.05) is 11.6 Å². The number of nitrogens with zero attached hydrogens (tertiary/aromatic N) is 2. The van der Waals surface area contributed by atoms with Crippen LogP contribution < -0.4 is 10.2 Å². The minimum Gasteiger partial charge on any atom is -0.367 e. The van der Waals surface area contributed by atoms with Gasteiger partial charge in [0.15, 0.2) is 0 Å². The SMILES string of the molecule is CCN(c1ccnc2cc(Cl)ccc12)C1CCNC1. The topological polar surface area (TPSA) is 28.2 Å². The van der Waals surface area contributed by atoms with Crippen molar-refractivity contribution in [2.45, 2.75) is 19.4 Å². The molecule has 1 aromatic carbocycles. The molecule has 0 radical (unpaired) electrons. The summed E-state index contributed by atoms with van der Waals surface area (Å²) in [7, 11) is 0. The lowest BCUT2D eigenvalue weighted by molar-refractivity contribution is 0.650. The molecule has 19 heavy (non-hydrogen) atoms. The lowest BCUT2D eigenvalue weighted by Crippen LogP contribution is -2.36. The van der Waals surface area contributed by atoms with E-state index in [0.717, 1.165) is 30.2 Å². The van der Waals surface area contributed by atoms with E-state index in [4.69, 9.17) is 11.6 Å². The van der Waals surface area contributed by atoms with Crippen molar-refractivity contribution in [1.82, 2.24) is 10.3 Å². The zero-order chi connectivity index (χ0) is 13.2. The van der Waals surface area contributed by atoms with Crippen molar-refractivity contribution in [3.05, 3.63) is 35.5 Å². The molecule has 3 rings (SSSR count). The summed E-state index contributed by atoms with van der Waals surface area (Å²) in [4.78, 5) is 6.89. The van der Waals surface area contributed by atoms with E-state index < -0.39 is 0 Å². The number of benzene rings is 1. The van der Waals surface area contributed by atoms with Crippen LogP contribution in [0.2, 0.25) is 5.02 Å². The average molecular weight is 276 g/mol. The average Bonchev–Trinajstić information content (AvgIpc) is 2.93. The molecular weight excluding hydrogens is 258 g/mol. The molecule has 100 valence electrons. The lowest BCUT2D eigenvalue weighted by Gasteiger charge is -2.30. The summed E-state index contributed by atoms with van der Waals surface area (Å²) in [5.41, 5.74) is 2.23. The summed E-state index contributed by atoms with van der Waals surface area (Å²) in [6.45, 7) is 5.38. The Labute approximate surface area is 118 Å². The quantitative estimate of drug-likeness (QED) is 0.933. The van der Waals surface area contributed by atoms with Crippen LogP contribution in [0.4, 0.5) is 5.69 Å². The second-order valence-electron chi connectivity index (χ2n) is 4.92. The first kappa shape index (κ1) is 12.7. The number of fused-ring (bicyclic) bond motifs is 1. The maximum absolute atomic E-state index is 6.05. The van der Waals surface area contributed by atoms with Crippen molar-refractivity contribution in [3.8, 4) is 0 Å². The van der Waals surface area contributed by atoms with Crippen LogP contribution in [0.25, 0.3) is 10.9 Å². The van der Waals surface area contributed by atoms with E-state index in [2.05, 4.69) is 34.3 Å². The van der Waals surface area contributed by atoms with E-state index in [1.165, 1.54) is 17.5 Å². The van der Waals surface area contributed by atoms with Gasteiger partial charge in [-0.2, -0.15) is 0 Å². The molecule has 1 atom stereocenters. The molecule has 0 bridgehead atoms. The Morgan fingerprint density at radius 1 is 1.42 bits per heavy atom. The molecule has 2 heterocycles. The zero-order valence-corrected chi connectivity index (χ0v) is 11.8. The molecule has 0 amide bonds. The largest absolute Gasteiger partial charge is 0.367 e. The normalized spacial score (nSPS) is 18.9. The van der Waals surface area contributed by atoms with Crippen LogP contribution in [0.1, 0.15) is 13.3 Å². The number of aromatic nitrogens is 1. The summed E-state index contributed by atoms with van der Waals surface area (Å²) in [6, 6.07) is 8.63. The fourth-order valence-electron chi connectivity index (χ4n) is 2.89. The molecule has 1 saturated heterocycles. The number of pyridine rings is 1. The highest BCUT2D eigenvalue weighted by Crippen LogP contribution is 2.29. The summed E-state index contributed by atoms with van der Waals surface area (Å²) in [6.07, 6.45) is 3.07. The summed E-state index contributed by atoms with van der Waals surface area (Å²) < 4.78 is 0. The highest BCUT2D eigenvalue weighted by Gasteiger charge is 2.22. The Morgan fingerprint density at radius 2 is 2.32 bits per heavy atom. The van der Waals surface area contributed by atoms with Gasteiger partial charge in [-0.05, 0) is 44.2 Å². The lowest BCUT2D eigenvalue weighted by atomic mass is 10.1. The smallest absolute Gasteiger partial charge is 0.0737 e. The fourth-order valence-corrected chi connectivity index (χ4v) is 3.05. The third-order valence-electron chi connectivity index (χ3n) is 3.81. The fraction of sp³-hybridized carbons (Fsp3) is 0.400. The van der Waals surface area contributed by atoms with Gasteiger partial charge in [-0.25, -0.2) is 0 Å². The maximum atomic E-state index is 6.05. The molecule has 1 aliphatic rings. The Hall–Kier alpha value is -1.32. The molecule has 1 aliphatic heterocycles. The maximum Gasteiger partial charge on any atom is 0.0737 e. The van der Waals surface area contributed by atoms with Crippen LogP contribution in [0.15, 0.2) is 30.5 Å². The highest BCUT2D eigenvalue weighted by atomic mass is 35.5. The number of halogens is 1. The van der Waals surface area contributed by atoms with Gasteiger partial charge >= 0.3 is 0 Å². The number of hydrogen-bond donors (Lipinski definition) is 1. The van der Waals surface area contributed by atoms with E-state index in [0.29, 0.717) is 6.04 Å². The molecule has 1 unspecified atom stereocenters. The van der Waals surface area contributed by atoms with Gasteiger partial charge in [0.05, 0.1) is 5.52 Å². The third kappa shape index (κ3) is 2.40. The van der Waals surface area contributed by atoms with Gasteiger partial charge in [0, 0.05) is 41.4 Å². The van der Waals surface area contributed by atoms with Crippen molar-refractivity contribution in [2.75, 3.05) is 24.5 Å². The van der Waals surface area contributed by atoms with E-state index in [9.17, 15) is 0 Å². The monoisotopic (exact) mass is 275 g/mol. The van der Waals surface area contributed by atoms with Crippen molar-refractivity contribution >= 4 is 28.2 Å². The molecule has 4 heteroatoms.